The number of benzene rings is 1. The van der Waals surface area contributed by atoms with Crippen LogP contribution in [0.3, 0.4) is 0 Å². The summed E-state index contributed by atoms with van der Waals surface area (Å²) in [4.78, 5) is 17.7. The normalized spacial score (nSPS) is 14.3. The van der Waals surface area contributed by atoms with Gasteiger partial charge in [0.25, 0.3) is 0 Å². The van der Waals surface area contributed by atoms with Crippen LogP contribution in [-0.4, -0.2) is 28.6 Å². The minimum atomic E-state index is -0.386. The van der Waals surface area contributed by atoms with E-state index in [4.69, 9.17) is 9.47 Å². The van der Waals surface area contributed by atoms with Crippen molar-refractivity contribution in [3.63, 3.8) is 0 Å². The number of pyridine rings is 1. The standard InChI is InChI=1S/C20H21FN2O3.C3H8.C3H6/c1-15(21)5-10-18-13-23(20(24)26-18)12-16-6-8-17(9-7-16)14-25-19-4-2-3-11-22-19;2*1-3-2/h2-4,6-9,11,18H,1,5,10,12-14H2;3H2,1-2H3;3H,1H2,2H3. The molecule has 0 radical (unpaired) electrons. The average Bonchev–Trinajstić information content (AvgIpc) is 3.13. The molecular formula is C26H35FN2O3. The molecule has 1 aliphatic heterocycles. The van der Waals surface area contributed by atoms with Crippen molar-refractivity contribution in [1.82, 2.24) is 9.88 Å². The number of nitrogens with zero attached hydrogens (tertiary/aromatic N) is 2. The second kappa shape index (κ2) is 15.6. The molecule has 2 heterocycles. The lowest BCUT2D eigenvalue weighted by atomic mass is 10.1. The Morgan fingerprint density at radius 2 is 1.88 bits per heavy atom. The molecule has 0 aliphatic carbocycles. The number of hydrogen-bond acceptors (Lipinski definition) is 4. The predicted molar refractivity (Wildman–Crippen MR) is 127 cm³/mol. The van der Waals surface area contributed by atoms with Crippen LogP contribution in [0.25, 0.3) is 0 Å². The van der Waals surface area contributed by atoms with Gasteiger partial charge in [0, 0.05) is 25.2 Å². The molecule has 1 aliphatic rings. The molecule has 0 N–H and O–H groups in total. The fourth-order valence-electron chi connectivity index (χ4n) is 2.72. The van der Waals surface area contributed by atoms with Crippen molar-refractivity contribution in [2.24, 2.45) is 0 Å². The van der Waals surface area contributed by atoms with Gasteiger partial charge in [-0.2, -0.15) is 0 Å². The summed E-state index contributed by atoms with van der Waals surface area (Å²) < 4.78 is 23.6. The van der Waals surface area contributed by atoms with Crippen LogP contribution in [0.2, 0.25) is 0 Å². The molecule has 1 atom stereocenters. The Bertz CT molecular complexity index is 810. The molecule has 0 spiro atoms. The second-order valence-corrected chi connectivity index (χ2v) is 7.33. The van der Waals surface area contributed by atoms with Crippen molar-refractivity contribution in [2.45, 2.75) is 59.3 Å². The van der Waals surface area contributed by atoms with Crippen LogP contribution in [0.5, 0.6) is 5.88 Å². The zero-order valence-corrected chi connectivity index (χ0v) is 19.4. The van der Waals surface area contributed by atoms with Gasteiger partial charge < -0.3 is 14.4 Å². The van der Waals surface area contributed by atoms with E-state index in [1.165, 1.54) is 6.42 Å². The summed E-state index contributed by atoms with van der Waals surface area (Å²) in [6, 6.07) is 13.4. The van der Waals surface area contributed by atoms with Crippen LogP contribution >= 0.6 is 0 Å². The average molecular weight is 443 g/mol. The van der Waals surface area contributed by atoms with E-state index in [1.54, 1.807) is 17.2 Å². The maximum absolute atomic E-state index is 12.7. The first kappa shape index (κ1) is 26.9. The zero-order chi connectivity index (χ0) is 23.8. The van der Waals surface area contributed by atoms with Crippen molar-refractivity contribution in [1.29, 1.82) is 0 Å². The first-order valence-electron chi connectivity index (χ1n) is 10.9. The Hall–Kier alpha value is -3.15. The molecule has 1 aromatic carbocycles. The van der Waals surface area contributed by atoms with Crippen molar-refractivity contribution in [2.75, 3.05) is 6.54 Å². The van der Waals surface area contributed by atoms with Gasteiger partial charge in [0.15, 0.2) is 0 Å². The monoisotopic (exact) mass is 442 g/mol. The Labute approximate surface area is 191 Å². The number of allylic oxidation sites excluding steroid dienone is 2. The highest BCUT2D eigenvalue weighted by Gasteiger charge is 2.30. The quantitative estimate of drug-likeness (QED) is 0.419. The number of carbonyl (C=O) groups is 1. The highest BCUT2D eigenvalue weighted by atomic mass is 19.1. The number of aromatic nitrogens is 1. The first-order chi connectivity index (χ1) is 15.4. The third kappa shape index (κ3) is 10.8. The van der Waals surface area contributed by atoms with Crippen LogP contribution < -0.4 is 4.74 Å². The van der Waals surface area contributed by atoms with E-state index in [9.17, 15) is 9.18 Å². The Kier molecular flexibility index (Phi) is 13.1. The smallest absolute Gasteiger partial charge is 0.410 e. The highest BCUT2D eigenvalue weighted by molar-refractivity contribution is 5.69. The maximum atomic E-state index is 12.7. The Morgan fingerprint density at radius 1 is 1.25 bits per heavy atom. The van der Waals surface area contributed by atoms with Crippen LogP contribution in [-0.2, 0) is 17.9 Å². The van der Waals surface area contributed by atoms with Gasteiger partial charge in [-0.1, -0.05) is 63.3 Å². The van der Waals surface area contributed by atoms with E-state index < -0.39 is 0 Å². The fourth-order valence-corrected chi connectivity index (χ4v) is 2.72. The van der Waals surface area contributed by atoms with Crippen LogP contribution in [0.1, 0.15) is 51.2 Å². The minimum Gasteiger partial charge on any atom is -0.473 e. The van der Waals surface area contributed by atoms with Gasteiger partial charge in [0.05, 0.1) is 12.4 Å². The molecule has 3 rings (SSSR count). The van der Waals surface area contributed by atoms with Crippen LogP contribution in [0.4, 0.5) is 9.18 Å². The molecular weight excluding hydrogens is 407 g/mol. The molecule has 5 nitrogen and oxygen atoms in total. The van der Waals surface area contributed by atoms with Gasteiger partial charge in [-0.3, -0.25) is 0 Å². The summed E-state index contributed by atoms with van der Waals surface area (Å²) in [5, 5.41) is 0. The number of hydrogen-bond donors (Lipinski definition) is 0. The zero-order valence-electron chi connectivity index (χ0n) is 19.4. The number of halogens is 1. The molecule has 2 aromatic rings. The third-order valence-electron chi connectivity index (χ3n) is 4.11. The third-order valence-corrected chi connectivity index (χ3v) is 4.11. The molecule has 0 bridgehead atoms. The summed E-state index contributed by atoms with van der Waals surface area (Å²) in [6.45, 7) is 14.1. The van der Waals surface area contributed by atoms with E-state index >= 15 is 0 Å². The van der Waals surface area contributed by atoms with E-state index in [-0.39, 0.29) is 24.4 Å². The van der Waals surface area contributed by atoms with Gasteiger partial charge in [-0.05, 0) is 30.5 Å². The largest absolute Gasteiger partial charge is 0.473 e. The summed E-state index contributed by atoms with van der Waals surface area (Å²) >= 11 is 0. The van der Waals surface area contributed by atoms with Crippen molar-refractivity contribution in [3.05, 3.63) is 84.8 Å². The molecule has 1 fully saturated rings. The summed E-state index contributed by atoms with van der Waals surface area (Å²) in [6.07, 6.45) is 4.73. The summed E-state index contributed by atoms with van der Waals surface area (Å²) in [7, 11) is 0. The van der Waals surface area contributed by atoms with E-state index in [2.05, 4.69) is 32.0 Å². The molecule has 0 saturated carbocycles. The lowest BCUT2D eigenvalue weighted by Crippen LogP contribution is -2.24. The number of carbonyl (C=O) groups excluding carboxylic acids is 1. The maximum Gasteiger partial charge on any atom is 0.410 e. The van der Waals surface area contributed by atoms with Crippen LogP contribution in [0, 0.1) is 0 Å². The number of rotatable bonds is 8. The van der Waals surface area contributed by atoms with Gasteiger partial charge in [0.1, 0.15) is 12.7 Å². The highest BCUT2D eigenvalue weighted by Crippen LogP contribution is 2.20. The lowest BCUT2D eigenvalue weighted by molar-refractivity contribution is 0.127. The molecule has 174 valence electrons. The molecule has 6 heteroatoms. The second-order valence-electron chi connectivity index (χ2n) is 7.33. The Balaban J connectivity index is 0.000000769. The Morgan fingerprint density at radius 3 is 2.44 bits per heavy atom. The molecule has 1 unspecified atom stereocenters. The van der Waals surface area contributed by atoms with E-state index in [0.717, 1.165) is 11.1 Å². The van der Waals surface area contributed by atoms with Gasteiger partial charge >= 0.3 is 6.09 Å². The first-order valence-corrected chi connectivity index (χ1v) is 10.9. The van der Waals surface area contributed by atoms with E-state index in [0.29, 0.717) is 32.0 Å². The number of cyclic esters (lactones) is 1. The molecule has 1 amide bonds. The number of ether oxygens (including phenoxy) is 2. The number of amides is 1. The van der Waals surface area contributed by atoms with Gasteiger partial charge in [-0.15, -0.1) is 6.58 Å². The fraction of sp³-hybridized carbons (Fsp3) is 0.385. The topological polar surface area (TPSA) is 51.7 Å². The van der Waals surface area contributed by atoms with Crippen molar-refractivity contribution in [3.8, 4) is 5.88 Å². The van der Waals surface area contributed by atoms with Crippen LogP contribution in [0.15, 0.2) is 73.7 Å². The SMILES string of the molecule is C=C(F)CCC1CN(Cc2ccc(COc3ccccn3)cc2)C(=O)O1.C=CC.CCC. The molecule has 1 aromatic heterocycles. The summed E-state index contributed by atoms with van der Waals surface area (Å²) in [5.74, 6) is 0.196. The van der Waals surface area contributed by atoms with Gasteiger partial charge in [-0.25, -0.2) is 14.2 Å². The van der Waals surface area contributed by atoms with Crippen molar-refractivity contribution < 1.29 is 18.7 Å². The van der Waals surface area contributed by atoms with Gasteiger partial charge in [0.2, 0.25) is 5.88 Å². The van der Waals surface area contributed by atoms with Crippen molar-refractivity contribution >= 4 is 6.09 Å². The summed E-state index contributed by atoms with van der Waals surface area (Å²) in [5.41, 5.74) is 2.02. The van der Waals surface area contributed by atoms with E-state index in [1.807, 2.05) is 49.4 Å². The minimum absolute atomic E-state index is 0.219. The molecule has 1 saturated heterocycles. The lowest BCUT2D eigenvalue weighted by Gasteiger charge is -2.13. The molecule has 32 heavy (non-hydrogen) atoms. The predicted octanol–water partition coefficient (Wildman–Crippen LogP) is 6.85.